The van der Waals surface area contributed by atoms with Crippen LogP contribution >= 0.6 is 0 Å². The Morgan fingerprint density at radius 1 is 1.04 bits per heavy atom. The maximum atomic E-state index is 11.9. The molecule has 0 aromatic rings. The van der Waals surface area contributed by atoms with Crippen LogP contribution < -0.4 is 0 Å². The molecule has 0 spiro atoms. The largest absolute Gasteiger partial charge is 0.427 e. The molecule has 25 heavy (non-hydrogen) atoms. The summed E-state index contributed by atoms with van der Waals surface area (Å²) in [6, 6.07) is 0. The minimum Gasteiger partial charge on any atom is -0.427 e. The molecule has 0 amide bonds. The Kier molecular flexibility index (Phi) is 10.5. The van der Waals surface area contributed by atoms with Crippen LogP contribution in [0, 0.1) is 0 Å². The summed E-state index contributed by atoms with van der Waals surface area (Å²) < 4.78 is 10.2. The third kappa shape index (κ3) is 7.19. The van der Waals surface area contributed by atoms with Crippen LogP contribution in [0.3, 0.4) is 0 Å². The molecule has 148 valence electrons. The predicted molar refractivity (Wildman–Crippen MR) is 91.7 cm³/mol. The highest BCUT2D eigenvalue weighted by atomic mass is 16.7. The van der Waals surface area contributed by atoms with Crippen molar-refractivity contribution in [1.82, 2.24) is 0 Å². The van der Waals surface area contributed by atoms with E-state index in [1.54, 1.807) is 0 Å². The summed E-state index contributed by atoms with van der Waals surface area (Å²) >= 11 is 0. The summed E-state index contributed by atoms with van der Waals surface area (Å²) in [5.74, 6) is -2.60. The van der Waals surface area contributed by atoms with Crippen LogP contribution in [-0.4, -0.2) is 63.7 Å². The molecule has 0 unspecified atom stereocenters. The zero-order valence-corrected chi connectivity index (χ0v) is 15.2. The van der Waals surface area contributed by atoms with E-state index in [0.717, 1.165) is 19.3 Å². The van der Waals surface area contributed by atoms with Crippen molar-refractivity contribution in [3.05, 3.63) is 0 Å². The number of rotatable bonds is 12. The SMILES string of the molecule is CCCCCCCCCCCC(=O)O[C@]1(CO)OC[C@@H](O)[C@@H](O)[C@@H]1O. The maximum absolute atomic E-state index is 11.9. The first-order valence-electron chi connectivity index (χ1n) is 9.47. The number of aliphatic hydroxyl groups excluding tert-OH is 4. The fourth-order valence-electron chi connectivity index (χ4n) is 2.97. The highest BCUT2D eigenvalue weighted by Crippen LogP contribution is 2.28. The first kappa shape index (κ1) is 22.3. The van der Waals surface area contributed by atoms with E-state index in [4.69, 9.17) is 9.47 Å². The number of unbranched alkanes of at least 4 members (excludes halogenated alkanes) is 8. The number of esters is 1. The lowest BCUT2D eigenvalue weighted by atomic mass is 9.97. The van der Waals surface area contributed by atoms with E-state index in [-0.39, 0.29) is 13.0 Å². The van der Waals surface area contributed by atoms with Gasteiger partial charge in [-0.15, -0.1) is 0 Å². The van der Waals surface area contributed by atoms with E-state index >= 15 is 0 Å². The predicted octanol–water partition coefficient (Wildman–Crippen LogP) is 1.25. The molecule has 1 aliphatic heterocycles. The van der Waals surface area contributed by atoms with Crippen molar-refractivity contribution in [1.29, 1.82) is 0 Å². The van der Waals surface area contributed by atoms with Gasteiger partial charge >= 0.3 is 5.97 Å². The van der Waals surface area contributed by atoms with Crippen LogP contribution in [0.25, 0.3) is 0 Å². The lowest BCUT2D eigenvalue weighted by molar-refractivity contribution is -0.335. The summed E-state index contributed by atoms with van der Waals surface area (Å²) in [7, 11) is 0. The number of hydrogen-bond acceptors (Lipinski definition) is 7. The van der Waals surface area contributed by atoms with Crippen LogP contribution in [0.4, 0.5) is 0 Å². The lowest BCUT2D eigenvalue weighted by Crippen LogP contribution is -2.64. The van der Waals surface area contributed by atoms with Crippen LogP contribution in [0.5, 0.6) is 0 Å². The fraction of sp³-hybridized carbons (Fsp3) is 0.944. The van der Waals surface area contributed by atoms with Gasteiger partial charge in [-0.2, -0.15) is 0 Å². The molecule has 1 saturated heterocycles. The maximum Gasteiger partial charge on any atom is 0.308 e. The molecule has 7 heteroatoms. The summed E-state index contributed by atoms with van der Waals surface area (Å²) in [6.07, 6.45) is 5.73. The average Bonchev–Trinajstić information content (AvgIpc) is 2.61. The molecule has 0 aliphatic carbocycles. The Labute approximate surface area is 150 Å². The smallest absolute Gasteiger partial charge is 0.308 e. The molecule has 4 atom stereocenters. The molecule has 0 radical (unpaired) electrons. The molecule has 1 aliphatic rings. The quantitative estimate of drug-likeness (QED) is 0.305. The third-order valence-electron chi connectivity index (χ3n) is 4.66. The van der Waals surface area contributed by atoms with E-state index in [2.05, 4.69) is 6.92 Å². The number of carbonyl (C=O) groups is 1. The standard InChI is InChI=1S/C18H34O7/c1-2-3-4-5-6-7-8-9-10-11-15(21)25-18(13-19)17(23)16(22)14(20)12-24-18/h14,16-17,19-20,22-23H,2-13H2,1H3/t14-,16-,17+,18+/m1/s1. The van der Waals surface area contributed by atoms with Gasteiger partial charge in [0.15, 0.2) is 6.10 Å². The van der Waals surface area contributed by atoms with E-state index < -0.39 is 36.7 Å². The Morgan fingerprint density at radius 2 is 1.60 bits per heavy atom. The van der Waals surface area contributed by atoms with Crippen LogP contribution in [-0.2, 0) is 14.3 Å². The topological polar surface area (TPSA) is 116 Å². The molecule has 0 aromatic heterocycles. The van der Waals surface area contributed by atoms with E-state index in [1.165, 1.54) is 32.1 Å². The molecule has 0 aromatic carbocycles. The number of hydrogen-bond donors (Lipinski definition) is 4. The number of carbonyl (C=O) groups excluding carboxylic acids is 1. The average molecular weight is 362 g/mol. The van der Waals surface area contributed by atoms with E-state index in [1.807, 2.05) is 0 Å². The van der Waals surface area contributed by atoms with Crippen molar-refractivity contribution in [2.75, 3.05) is 13.2 Å². The Bertz CT molecular complexity index is 376. The van der Waals surface area contributed by atoms with Gasteiger partial charge < -0.3 is 29.9 Å². The van der Waals surface area contributed by atoms with Gasteiger partial charge in [0, 0.05) is 6.42 Å². The van der Waals surface area contributed by atoms with Gasteiger partial charge in [-0.3, -0.25) is 4.79 Å². The van der Waals surface area contributed by atoms with Crippen LogP contribution in [0.2, 0.25) is 0 Å². The Hall–Kier alpha value is -0.730. The van der Waals surface area contributed by atoms with E-state index in [9.17, 15) is 25.2 Å². The second-order valence-electron chi connectivity index (χ2n) is 6.84. The molecule has 0 bridgehead atoms. The molecular weight excluding hydrogens is 328 g/mol. The molecule has 0 saturated carbocycles. The normalized spacial score (nSPS) is 29.6. The first-order chi connectivity index (χ1) is 12.0. The summed E-state index contributed by atoms with van der Waals surface area (Å²) in [6.45, 7) is 1.08. The number of ether oxygens (including phenoxy) is 2. The fourth-order valence-corrected chi connectivity index (χ4v) is 2.97. The third-order valence-corrected chi connectivity index (χ3v) is 4.66. The summed E-state index contributed by atoms with van der Waals surface area (Å²) in [5.41, 5.74) is 0. The number of aliphatic hydroxyl groups is 4. The lowest BCUT2D eigenvalue weighted by Gasteiger charge is -2.43. The molecular formula is C18H34O7. The molecule has 1 heterocycles. The highest BCUT2D eigenvalue weighted by Gasteiger charge is 2.52. The van der Waals surface area contributed by atoms with Gasteiger partial charge in [0.1, 0.15) is 18.8 Å². The first-order valence-corrected chi connectivity index (χ1v) is 9.47. The molecule has 1 rings (SSSR count). The van der Waals surface area contributed by atoms with Crippen molar-refractivity contribution < 1.29 is 34.7 Å². The van der Waals surface area contributed by atoms with Crippen LogP contribution in [0.1, 0.15) is 71.1 Å². The van der Waals surface area contributed by atoms with Gasteiger partial charge in [0.25, 0.3) is 5.79 Å². The summed E-state index contributed by atoms with van der Waals surface area (Å²) in [5, 5.41) is 38.5. The van der Waals surface area contributed by atoms with Gasteiger partial charge in [-0.1, -0.05) is 58.3 Å². The second kappa shape index (κ2) is 11.8. The van der Waals surface area contributed by atoms with Crippen LogP contribution in [0.15, 0.2) is 0 Å². The Balaban J connectivity index is 2.22. The molecule has 1 fully saturated rings. The molecule has 7 nitrogen and oxygen atoms in total. The minimum atomic E-state index is -2.00. The monoisotopic (exact) mass is 362 g/mol. The highest BCUT2D eigenvalue weighted by molar-refractivity contribution is 5.69. The van der Waals surface area contributed by atoms with Crippen molar-refractivity contribution in [3.8, 4) is 0 Å². The van der Waals surface area contributed by atoms with Gasteiger partial charge in [-0.25, -0.2) is 0 Å². The Morgan fingerprint density at radius 3 is 2.16 bits per heavy atom. The molecule has 4 N–H and O–H groups in total. The van der Waals surface area contributed by atoms with Gasteiger partial charge in [0.05, 0.1) is 6.61 Å². The van der Waals surface area contributed by atoms with Crippen molar-refractivity contribution in [2.24, 2.45) is 0 Å². The zero-order valence-electron chi connectivity index (χ0n) is 15.2. The van der Waals surface area contributed by atoms with E-state index in [0.29, 0.717) is 6.42 Å². The zero-order chi connectivity index (χ0) is 18.7. The van der Waals surface area contributed by atoms with Crippen molar-refractivity contribution in [2.45, 2.75) is 95.2 Å². The van der Waals surface area contributed by atoms with Gasteiger partial charge in [0.2, 0.25) is 0 Å². The minimum absolute atomic E-state index is 0.159. The second-order valence-corrected chi connectivity index (χ2v) is 6.84. The van der Waals surface area contributed by atoms with Crippen molar-refractivity contribution in [3.63, 3.8) is 0 Å². The summed E-state index contributed by atoms with van der Waals surface area (Å²) in [4.78, 5) is 11.9. The van der Waals surface area contributed by atoms with Gasteiger partial charge in [-0.05, 0) is 6.42 Å². The van der Waals surface area contributed by atoms with Crippen molar-refractivity contribution >= 4 is 5.97 Å².